The number of para-hydroxylation sites is 1. The molecule has 4 nitrogen and oxygen atoms in total. The van der Waals surface area contributed by atoms with E-state index in [1.54, 1.807) is 41.8 Å². The zero-order valence-electron chi connectivity index (χ0n) is 10.0. The number of carbonyl (C=O) groups excluding carboxylic acids is 2. The summed E-state index contributed by atoms with van der Waals surface area (Å²) in [5, 5.41) is 12.0. The Bertz CT molecular complexity index is 737. The molecule has 0 aliphatic carbocycles. The number of aliphatic hydroxyl groups is 1. The molecule has 0 spiro atoms. The average Bonchev–Trinajstić information content (AvgIpc) is 3.01. The maximum atomic E-state index is 12.4. The van der Waals surface area contributed by atoms with Gasteiger partial charge in [0.15, 0.2) is 5.76 Å². The molecule has 0 saturated heterocycles. The van der Waals surface area contributed by atoms with Gasteiger partial charge in [0.25, 0.3) is 5.91 Å². The lowest BCUT2D eigenvalue weighted by Gasteiger charge is -2.15. The number of carbonyl (C=O) groups is 2. The first kappa shape index (κ1) is 12.9. The number of thiophene rings is 1. The summed E-state index contributed by atoms with van der Waals surface area (Å²) in [5.74, 6) is -1.87. The third-order valence-corrected chi connectivity index (χ3v) is 4.13. The number of nitrogens with zero attached hydrogens (tertiary/aromatic N) is 1. The maximum absolute atomic E-state index is 12.4. The van der Waals surface area contributed by atoms with Crippen molar-refractivity contribution in [1.82, 2.24) is 0 Å². The molecule has 100 valence electrons. The van der Waals surface area contributed by atoms with Crippen molar-refractivity contribution in [2.24, 2.45) is 0 Å². The highest BCUT2D eigenvalue weighted by atomic mass is 35.5. The molecule has 1 aromatic heterocycles. The van der Waals surface area contributed by atoms with Gasteiger partial charge in [-0.3, -0.25) is 9.59 Å². The van der Waals surface area contributed by atoms with Gasteiger partial charge in [0.05, 0.1) is 10.7 Å². The standard InChI is InChI=1S/C14H8ClNO3S/c15-8-4-1-2-5-9(8)16-13(18)11(12(17)14(16)19)10-6-3-7-20-10/h1-7,17H. The van der Waals surface area contributed by atoms with Crippen LogP contribution in [0.4, 0.5) is 5.69 Å². The van der Waals surface area contributed by atoms with Crippen molar-refractivity contribution in [3.8, 4) is 0 Å². The van der Waals surface area contributed by atoms with E-state index in [-0.39, 0.29) is 16.3 Å². The van der Waals surface area contributed by atoms with Crippen LogP contribution in [0.1, 0.15) is 4.88 Å². The van der Waals surface area contributed by atoms with Crippen LogP contribution in [-0.2, 0) is 9.59 Å². The number of anilines is 1. The molecule has 2 heterocycles. The molecule has 1 aromatic carbocycles. The van der Waals surface area contributed by atoms with Crippen LogP contribution in [0.25, 0.3) is 5.57 Å². The maximum Gasteiger partial charge on any atom is 0.301 e. The molecule has 0 saturated carbocycles. The lowest BCUT2D eigenvalue weighted by Crippen LogP contribution is -2.31. The first-order valence-corrected chi connectivity index (χ1v) is 6.97. The predicted octanol–water partition coefficient (Wildman–Crippen LogP) is 3.24. The first-order valence-electron chi connectivity index (χ1n) is 5.71. The molecule has 1 aliphatic heterocycles. The van der Waals surface area contributed by atoms with Crippen molar-refractivity contribution in [2.75, 3.05) is 4.90 Å². The fourth-order valence-electron chi connectivity index (χ4n) is 2.01. The first-order chi connectivity index (χ1) is 9.61. The molecule has 2 amide bonds. The number of rotatable bonds is 2. The lowest BCUT2D eigenvalue weighted by atomic mass is 10.2. The van der Waals surface area contributed by atoms with Gasteiger partial charge in [-0.25, -0.2) is 4.90 Å². The van der Waals surface area contributed by atoms with Crippen molar-refractivity contribution in [3.63, 3.8) is 0 Å². The molecule has 1 aliphatic rings. The molecule has 2 aromatic rings. The van der Waals surface area contributed by atoms with E-state index >= 15 is 0 Å². The van der Waals surface area contributed by atoms with Gasteiger partial charge in [-0.05, 0) is 23.6 Å². The average molecular weight is 306 g/mol. The van der Waals surface area contributed by atoms with Crippen LogP contribution in [0, 0.1) is 0 Å². The molecular formula is C14H8ClNO3S. The second kappa shape index (κ2) is 4.77. The molecule has 0 bridgehead atoms. The fourth-order valence-corrected chi connectivity index (χ4v) is 3.00. The minimum atomic E-state index is -0.758. The summed E-state index contributed by atoms with van der Waals surface area (Å²) in [6.07, 6.45) is 0. The van der Waals surface area contributed by atoms with Crippen LogP contribution in [0.3, 0.4) is 0 Å². The van der Waals surface area contributed by atoms with Crippen LogP contribution in [0.15, 0.2) is 47.5 Å². The Morgan fingerprint density at radius 3 is 2.45 bits per heavy atom. The molecule has 0 unspecified atom stereocenters. The molecule has 6 heteroatoms. The number of hydrogen-bond donors (Lipinski definition) is 1. The number of hydrogen-bond acceptors (Lipinski definition) is 4. The number of imide groups is 1. The van der Waals surface area contributed by atoms with Crippen LogP contribution in [0.2, 0.25) is 5.02 Å². The highest BCUT2D eigenvalue weighted by molar-refractivity contribution is 7.11. The SMILES string of the molecule is O=C1C(O)=C(c2cccs2)C(=O)N1c1ccccc1Cl. The highest BCUT2D eigenvalue weighted by Crippen LogP contribution is 2.36. The van der Waals surface area contributed by atoms with Gasteiger partial charge in [-0.1, -0.05) is 29.8 Å². The summed E-state index contributed by atoms with van der Waals surface area (Å²) < 4.78 is 0. The van der Waals surface area contributed by atoms with E-state index in [1.165, 1.54) is 11.3 Å². The van der Waals surface area contributed by atoms with Crippen molar-refractivity contribution in [2.45, 2.75) is 0 Å². The second-order valence-corrected chi connectivity index (χ2v) is 5.45. The zero-order chi connectivity index (χ0) is 14.3. The van der Waals surface area contributed by atoms with Gasteiger partial charge < -0.3 is 5.11 Å². The predicted molar refractivity (Wildman–Crippen MR) is 77.8 cm³/mol. The molecule has 3 rings (SSSR count). The summed E-state index contributed by atoms with van der Waals surface area (Å²) in [5.41, 5.74) is 0.284. The smallest absolute Gasteiger partial charge is 0.301 e. The Labute approximate surface area is 123 Å². The molecule has 0 atom stereocenters. The Morgan fingerprint density at radius 1 is 1.05 bits per heavy atom. The second-order valence-electron chi connectivity index (χ2n) is 4.10. The van der Waals surface area contributed by atoms with Gasteiger partial charge in [0.1, 0.15) is 5.57 Å². The fraction of sp³-hybridized carbons (Fsp3) is 0. The number of aliphatic hydroxyl groups excluding tert-OH is 1. The summed E-state index contributed by atoms with van der Waals surface area (Å²) in [6.45, 7) is 0. The Morgan fingerprint density at radius 2 is 1.80 bits per heavy atom. The summed E-state index contributed by atoms with van der Waals surface area (Å²) in [4.78, 5) is 26.0. The van der Waals surface area contributed by atoms with Crippen molar-refractivity contribution in [3.05, 3.63) is 57.4 Å². The van der Waals surface area contributed by atoms with Gasteiger partial charge in [0.2, 0.25) is 0 Å². The van der Waals surface area contributed by atoms with Crippen molar-refractivity contribution in [1.29, 1.82) is 0 Å². The van der Waals surface area contributed by atoms with Gasteiger partial charge >= 0.3 is 5.91 Å². The van der Waals surface area contributed by atoms with E-state index < -0.39 is 17.6 Å². The van der Waals surface area contributed by atoms with E-state index in [2.05, 4.69) is 0 Å². The minimum Gasteiger partial charge on any atom is -0.502 e. The zero-order valence-corrected chi connectivity index (χ0v) is 11.6. The van der Waals surface area contributed by atoms with E-state index in [0.29, 0.717) is 4.88 Å². The van der Waals surface area contributed by atoms with Crippen molar-refractivity contribution < 1.29 is 14.7 Å². The van der Waals surface area contributed by atoms with E-state index in [1.807, 2.05) is 0 Å². The molecule has 1 N–H and O–H groups in total. The lowest BCUT2D eigenvalue weighted by molar-refractivity contribution is -0.121. The Balaban J connectivity index is 2.10. The van der Waals surface area contributed by atoms with Gasteiger partial charge in [-0.2, -0.15) is 0 Å². The third-order valence-electron chi connectivity index (χ3n) is 2.92. The van der Waals surface area contributed by atoms with Crippen LogP contribution < -0.4 is 4.90 Å². The normalized spacial score (nSPS) is 15.3. The van der Waals surface area contributed by atoms with Gasteiger partial charge in [-0.15, -0.1) is 11.3 Å². The number of amides is 2. The van der Waals surface area contributed by atoms with Gasteiger partial charge in [0, 0.05) is 4.88 Å². The third kappa shape index (κ3) is 1.83. The largest absolute Gasteiger partial charge is 0.502 e. The van der Waals surface area contributed by atoms with E-state index in [9.17, 15) is 14.7 Å². The number of benzene rings is 1. The Kier molecular flexibility index (Phi) is 3.08. The molecular weight excluding hydrogens is 298 g/mol. The summed E-state index contributed by atoms with van der Waals surface area (Å²) in [6, 6.07) is 9.93. The molecule has 0 radical (unpaired) electrons. The van der Waals surface area contributed by atoms with E-state index in [0.717, 1.165) is 4.90 Å². The molecule has 0 fully saturated rings. The summed E-state index contributed by atoms with van der Waals surface area (Å²) >= 11 is 7.29. The van der Waals surface area contributed by atoms with Crippen LogP contribution in [0.5, 0.6) is 0 Å². The Hall–Kier alpha value is -2.11. The van der Waals surface area contributed by atoms with E-state index in [4.69, 9.17) is 11.6 Å². The van der Waals surface area contributed by atoms with Crippen molar-refractivity contribution >= 4 is 46.0 Å². The molecule has 20 heavy (non-hydrogen) atoms. The van der Waals surface area contributed by atoms with Crippen LogP contribution >= 0.6 is 22.9 Å². The number of halogens is 1. The summed E-state index contributed by atoms with van der Waals surface area (Å²) in [7, 11) is 0. The monoisotopic (exact) mass is 305 g/mol. The minimum absolute atomic E-state index is 0.0184. The highest BCUT2D eigenvalue weighted by Gasteiger charge is 2.41. The quantitative estimate of drug-likeness (QED) is 0.867. The van der Waals surface area contributed by atoms with Crippen LogP contribution in [-0.4, -0.2) is 16.9 Å². The topological polar surface area (TPSA) is 57.6 Å².